The molecule has 0 amide bonds. The summed E-state index contributed by atoms with van der Waals surface area (Å²) in [5.41, 5.74) is 0. The summed E-state index contributed by atoms with van der Waals surface area (Å²) >= 11 is 0. The number of Topliss-reactive ketones (excluding diaryl/α,β-unsaturated/α-hetero) is 1. The van der Waals surface area contributed by atoms with E-state index in [9.17, 15) is 4.79 Å². The molecule has 1 fully saturated rings. The maximum Gasteiger partial charge on any atom is 0.149 e. The molecule has 1 unspecified atom stereocenters. The third kappa shape index (κ3) is 5.20. The summed E-state index contributed by atoms with van der Waals surface area (Å²) < 4.78 is 0. The first kappa shape index (κ1) is 14.7. The van der Waals surface area contributed by atoms with Gasteiger partial charge < -0.3 is 0 Å². The molecular weight excluding hydrogens is 210 g/mol. The number of hydrogen-bond acceptors (Lipinski definition) is 2. The van der Waals surface area contributed by atoms with E-state index in [-0.39, 0.29) is 6.04 Å². The lowest BCUT2D eigenvalue weighted by Crippen LogP contribution is -2.44. The van der Waals surface area contributed by atoms with Gasteiger partial charge in [-0.1, -0.05) is 40.5 Å². The van der Waals surface area contributed by atoms with Crippen LogP contribution in [0.3, 0.4) is 0 Å². The van der Waals surface area contributed by atoms with E-state index in [2.05, 4.69) is 32.6 Å². The van der Waals surface area contributed by atoms with Crippen LogP contribution >= 0.6 is 0 Å². The highest BCUT2D eigenvalue weighted by molar-refractivity contribution is 5.84. The van der Waals surface area contributed by atoms with Crippen molar-refractivity contribution < 1.29 is 4.79 Å². The van der Waals surface area contributed by atoms with Gasteiger partial charge in [0.1, 0.15) is 5.78 Å². The molecular formula is C15H29NO. The molecule has 0 bridgehead atoms. The summed E-state index contributed by atoms with van der Waals surface area (Å²) in [7, 11) is 0. The number of ketones is 1. The lowest BCUT2D eigenvalue weighted by Gasteiger charge is -2.32. The fraction of sp³-hybridized carbons (Fsp3) is 0.933. The van der Waals surface area contributed by atoms with Crippen molar-refractivity contribution in [2.45, 2.75) is 65.8 Å². The second kappa shape index (κ2) is 7.15. The van der Waals surface area contributed by atoms with Crippen molar-refractivity contribution in [2.24, 2.45) is 11.8 Å². The smallest absolute Gasteiger partial charge is 0.149 e. The number of rotatable bonds is 5. The van der Waals surface area contributed by atoms with E-state index in [4.69, 9.17) is 0 Å². The molecule has 0 aromatic carbocycles. The van der Waals surface area contributed by atoms with Gasteiger partial charge in [0.2, 0.25) is 0 Å². The monoisotopic (exact) mass is 239 g/mol. The van der Waals surface area contributed by atoms with Crippen molar-refractivity contribution in [2.75, 3.05) is 13.1 Å². The van der Waals surface area contributed by atoms with Gasteiger partial charge in [0.05, 0.1) is 6.04 Å². The predicted molar refractivity (Wildman–Crippen MR) is 73.1 cm³/mol. The number of carbonyl (C=O) groups excluding carboxylic acids is 1. The topological polar surface area (TPSA) is 20.3 Å². The normalized spacial score (nSPS) is 22.5. The Morgan fingerprint density at radius 2 is 1.65 bits per heavy atom. The largest absolute Gasteiger partial charge is 0.298 e. The van der Waals surface area contributed by atoms with Crippen LogP contribution < -0.4 is 0 Å². The Hall–Kier alpha value is -0.370. The SMILES string of the molecule is CC(C)CN(CC(C)C)C1CCCCCC1=O. The van der Waals surface area contributed by atoms with Crippen LogP contribution in [0.1, 0.15) is 59.8 Å². The van der Waals surface area contributed by atoms with Crippen LogP contribution in [0.15, 0.2) is 0 Å². The van der Waals surface area contributed by atoms with Crippen molar-refractivity contribution in [1.29, 1.82) is 0 Å². The van der Waals surface area contributed by atoms with E-state index in [0.29, 0.717) is 17.6 Å². The molecule has 2 nitrogen and oxygen atoms in total. The van der Waals surface area contributed by atoms with Crippen molar-refractivity contribution in [3.63, 3.8) is 0 Å². The van der Waals surface area contributed by atoms with E-state index >= 15 is 0 Å². The number of hydrogen-bond donors (Lipinski definition) is 0. The van der Waals surface area contributed by atoms with Crippen molar-refractivity contribution >= 4 is 5.78 Å². The molecule has 0 heterocycles. The zero-order chi connectivity index (χ0) is 12.8. The maximum atomic E-state index is 12.2. The van der Waals surface area contributed by atoms with Gasteiger partial charge in [-0.2, -0.15) is 0 Å². The first-order valence-corrected chi connectivity index (χ1v) is 7.27. The van der Waals surface area contributed by atoms with Crippen LogP contribution in [-0.2, 0) is 4.79 Å². The van der Waals surface area contributed by atoms with Crippen LogP contribution in [0.5, 0.6) is 0 Å². The first-order chi connectivity index (χ1) is 8.00. The Labute approximate surface area is 107 Å². The van der Waals surface area contributed by atoms with Crippen LogP contribution in [0.2, 0.25) is 0 Å². The molecule has 0 radical (unpaired) electrons. The third-order valence-corrected chi connectivity index (χ3v) is 3.41. The van der Waals surface area contributed by atoms with Gasteiger partial charge in [-0.3, -0.25) is 9.69 Å². The number of carbonyl (C=O) groups is 1. The molecule has 0 aromatic rings. The molecule has 0 spiro atoms. The van der Waals surface area contributed by atoms with E-state index in [1.54, 1.807) is 0 Å². The molecule has 0 N–H and O–H groups in total. The Morgan fingerprint density at radius 1 is 1.06 bits per heavy atom. The zero-order valence-electron chi connectivity index (χ0n) is 12.0. The standard InChI is InChI=1S/C15H29NO/c1-12(2)10-16(11-13(3)4)14-8-6-5-7-9-15(14)17/h12-14H,5-11H2,1-4H3. The highest BCUT2D eigenvalue weighted by atomic mass is 16.1. The minimum atomic E-state index is 0.210. The van der Waals surface area contributed by atoms with Crippen molar-refractivity contribution in [3.8, 4) is 0 Å². The molecule has 1 aliphatic carbocycles. The van der Waals surface area contributed by atoms with E-state index in [1.165, 1.54) is 12.8 Å². The Kier molecular flexibility index (Phi) is 6.18. The highest BCUT2D eigenvalue weighted by Crippen LogP contribution is 2.21. The van der Waals surface area contributed by atoms with Crippen LogP contribution in [-0.4, -0.2) is 29.8 Å². The average molecular weight is 239 g/mol. The predicted octanol–water partition coefficient (Wildman–Crippen LogP) is 3.50. The van der Waals surface area contributed by atoms with Crippen LogP contribution in [0, 0.1) is 11.8 Å². The fourth-order valence-corrected chi connectivity index (χ4v) is 2.79. The quantitative estimate of drug-likeness (QED) is 0.684. The molecule has 2 heteroatoms. The fourth-order valence-electron chi connectivity index (χ4n) is 2.79. The summed E-state index contributed by atoms with van der Waals surface area (Å²) in [5, 5.41) is 0. The zero-order valence-corrected chi connectivity index (χ0v) is 12.0. The second-order valence-corrected chi connectivity index (χ2v) is 6.32. The summed E-state index contributed by atoms with van der Waals surface area (Å²) in [6, 6.07) is 0.210. The van der Waals surface area contributed by atoms with E-state index in [1.807, 2.05) is 0 Å². The minimum Gasteiger partial charge on any atom is -0.298 e. The first-order valence-electron chi connectivity index (χ1n) is 7.27. The lowest BCUT2D eigenvalue weighted by atomic mass is 10.0. The molecule has 1 saturated carbocycles. The third-order valence-electron chi connectivity index (χ3n) is 3.41. The molecule has 0 aromatic heterocycles. The highest BCUT2D eigenvalue weighted by Gasteiger charge is 2.27. The molecule has 0 saturated heterocycles. The van der Waals surface area contributed by atoms with Gasteiger partial charge in [-0.25, -0.2) is 0 Å². The van der Waals surface area contributed by atoms with Crippen molar-refractivity contribution in [3.05, 3.63) is 0 Å². The van der Waals surface area contributed by atoms with E-state index < -0.39 is 0 Å². The van der Waals surface area contributed by atoms with Gasteiger partial charge in [0.15, 0.2) is 0 Å². The average Bonchev–Trinajstić information content (AvgIpc) is 2.40. The maximum absolute atomic E-state index is 12.2. The Bertz CT molecular complexity index is 225. The van der Waals surface area contributed by atoms with Gasteiger partial charge in [-0.05, 0) is 24.7 Å². The summed E-state index contributed by atoms with van der Waals surface area (Å²) in [5.74, 6) is 1.78. The van der Waals surface area contributed by atoms with Gasteiger partial charge in [0.25, 0.3) is 0 Å². The summed E-state index contributed by atoms with van der Waals surface area (Å²) in [6.07, 6.45) is 5.45. The van der Waals surface area contributed by atoms with Crippen LogP contribution in [0.25, 0.3) is 0 Å². The minimum absolute atomic E-state index is 0.210. The molecule has 1 aliphatic rings. The van der Waals surface area contributed by atoms with Crippen LogP contribution in [0.4, 0.5) is 0 Å². The van der Waals surface area contributed by atoms with Crippen molar-refractivity contribution in [1.82, 2.24) is 4.90 Å². The summed E-state index contributed by atoms with van der Waals surface area (Å²) in [6.45, 7) is 11.1. The summed E-state index contributed by atoms with van der Waals surface area (Å²) in [4.78, 5) is 14.6. The van der Waals surface area contributed by atoms with Gasteiger partial charge in [-0.15, -0.1) is 0 Å². The van der Waals surface area contributed by atoms with Gasteiger partial charge >= 0.3 is 0 Å². The molecule has 17 heavy (non-hydrogen) atoms. The Morgan fingerprint density at radius 3 is 2.18 bits per heavy atom. The second-order valence-electron chi connectivity index (χ2n) is 6.32. The van der Waals surface area contributed by atoms with Gasteiger partial charge in [0, 0.05) is 19.5 Å². The molecule has 0 aliphatic heterocycles. The van der Waals surface area contributed by atoms with E-state index in [0.717, 1.165) is 32.4 Å². The Balaban J connectivity index is 2.67. The molecule has 1 rings (SSSR count). The molecule has 1 atom stereocenters. The number of nitrogens with zero attached hydrogens (tertiary/aromatic N) is 1. The molecule has 100 valence electrons. The lowest BCUT2D eigenvalue weighted by molar-refractivity contribution is -0.124.